The summed E-state index contributed by atoms with van der Waals surface area (Å²) in [4.78, 5) is 17.8. The highest BCUT2D eigenvalue weighted by Crippen LogP contribution is 2.16. The molecule has 0 bridgehead atoms. The lowest BCUT2D eigenvalue weighted by Crippen LogP contribution is -2.21. The molecular weight excluding hydrogens is 622 g/mol. The standard InChI is InChI=1S/C23H32N4O4.2C2HF3O2/c24-22(26-28)18-8-12-20(13-9-18)30-16-6-4-2-1-3-5-7-17-31-21-14-10-19(11-15-21)23(25)27-29;2*3-2(4,5)1(6)7/h8-15,28-29H,1-7,16-17H2,(H2,24,26)(H2,25,27);2*(H,6,7). The van der Waals surface area contributed by atoms with Crippen molar-refractivity contribution in [2.45, 2.75) is 57.3 Å². The van der Waals surface area contributed by atoms with Gasteiger partial charge in [0.15, 0.2) is 11.7 Å². The Bertz CT molecular complexity index is 1110. The lowest BCUT2D eigenvalue weighted by Gasteiger charge is -2.08. The van der Waals surface area contributed by atoms with Crippen molar-refractivity contribution in [3.05, 3.63) is 59.7 Å². The number of alkyl halides is 6. The van der Waals surface area contributed by atoms with Crippen molar-refractivity contribution < 1.29 is 66.0 Å². The first-order valence-corrected chi connectivity index (χ1v) is 13.0. The molecule has 0 aliphatic carbocycles. The van der Waals surface area contributed by atoms with E-state index in [1.165, 1.54) is 19.3 Å². The predicted molar refractivity (Wildman–Crippen MR) is 149 cm³/mol. The van der Waals surface area contributed by atoms with E-state index < -0.39 is 24.3 Å². The topological polar surface area (TPSA) is 210 Å². The van der Waals surface area contributed by atoms with Gasteiger partial charge in [-0.2, -0.15) is 26.3 Å². The Labute approximate surface area is 253 Å². The molecule has 0 heterocycles. The summed E-state index contributed by atoms with van der Waals surface area (Å²) >= 11 is 0. The minimum atomic E-state index is -5.08. The highest BCUT2D eigenvalue weighted by atomic mass is 19.4. The second-order valence-corrected chi connectivity index (χ2v) is 8.80. The number of oxime groups is 2. The molecule has 0 aromatic heterocycles. The lowest BCUT2D eigenvalue weighted by atomic mass is 10.1. The average molecular weight is 657 g/mol. The summed E-state index contributed by atoms with van der Waals surface area (Å²) in [6, 6.07) is 14.4. The second kappa shape index (κ2) is 20.9. The number of nitrogens with two attached hydrogens (primary N) is 2. The Morgan fingerprint density at radius 1 is 0.578 bits per heavy atom. The third-order valence-corrected chi connectivity index (χ3v) is 5.33. The van der Waals surface area contributed by atoms with Crippen LogP contribution >= 0.6 is 0 Å². The molecule has 2 aromatic rings. The molecule has 0 saturated carbocycles. The van der Waals surface area contributed by atoms with E-state index in [0.29, 0.717) is 24.3 Å². The number of hydrogen-bond donors (Lipinski definition) is 6. The first-order chi connectivity index (χ1) is 21.0. The lowest BCUT2D eigenvalue weighted by molar-refractivity contribution is -0.193. The van der Waals surface area contributed by atoms with Crippen LogP contribution in [0.3, 0.4) is 0 Å². The number of amidine groups is 2. The molecule has 18 heteroatoms. The van der Waals surface area contributed by atoms with E-state index in [2.05, 4.69) is 10.3 Å². The number of rotatable bonds is 14. The Kier molecular flexibility index (Phi) is 18.6. The Balaban J connectivity index is 0.00000114. The molecule has 252 valence electrons. The normalized spacial score (nSPS) is 11.8. The number of benzene rings is 2. The van der Waals surface area contributed by atoms with Gasteiger partial charge < -0.3 is 41.6 Å². The number of aliphatic carboxylic acids is 2. The second-order valence-electron chi connectivity index (χ2n) is 8.80. The van der Waals surface area contributed by atoms with Crippen molar-refractivity contribution in [1.82, 2.24) is 0 Å². The van der Waals surface area contributed by atoms with Gasteiger partial charge in [-0.05, 0) is 61.4 Å². The molecule has 0 radical (unpaired) electrons. The molecule has 0 unspecified atom stereocenters. The molecule has 45 heavy (non-hydrogen) atoms. The van der Waals surface area contributed by atoms with E-state index in [1.807, 2.05) is 24.3 Å². The van der Waals surface area contributed by atoms with Gasteiger partial charge in [-0.1, -0.05) is 42.4 Å². The smallest absolute Gasteiger partial charge is 0.490 e. The van der Waals surface area contributed by atoms with Crippen LogP contribution in [-0.4, -0.2) is 69.8 Å². The number of halogens is 6. The highest BCUT2D eigenvalue weighted by Gasteiger charge is 2.38. The Morgan fingerprint density at radius 3 is 1.04 bits per heavy atom. The van der Waals surface area contributed by atoms with Crippen LogP contribution in [-0.2, 0) is 9.59 Å². The molecule has 0 atom stereocenters. The minimum Gasteiger partial charge on any atom is -0.494 e. The maximum atomic E-state index is 10.6. The Hall–Kier alpha value is -4.90. The first kappa shape index (κ1) is 40.1. The maximum Gasteiger partial charge on any atom is 0.490 e. The summed E-state index contributed by atoms with van der Waals surface area (Å²) in [6.45, 7) is 1.37. The van der Waals surface area contributed by atoms with Gasteiger partial charge in [-0.3, -0.25) is 0 Å². The van der Waals surface area contributed by atoms with Crippen molar-refractivity contribution in [2.24, 2.45) is 21.8 Å². The number of unbranched alkanes of at least 4 members (excludes halogenated alkanes) is 6. The molecule has 0 amide bonds. The largest absolute Gasteiger partial charge is 0.494 e. The van der Waals surface area contributed by atoms with Crippen molar-refractivity contribution in [2.75, 3.05) is 13.2 Å². The number of carbonyl (C=O) groups is 2. The molecular formula is C27H34F6N4O8. The third-order valence-electron chi connectivity index (χ3n) is 5.33. The quantitative estimate of drug-likeness (QED) is 0.0384. The van der Waals surface area contributed by atoms with Gasteiger partial charge in [0.05, 0.1) is 13.2 Å². The summed E-state index contributed by atoms with van der Waals surface area (Å²) in [6.07, 6.45) is -2.23. The predicted octanol–water partition coefficient (Wildman–Crippen LogP) is 5.33. The average Bonchev–Trinajstić information content (AvgIpc) is 2.99. The van der Waals surface area contributed by atoms with E-state index in [9.17, 15) is 26.3 Å². The summed E-state index contributed by atoms with van der Waals surface area (Å²) in [7, 11) is 0. The van der Waals surface area contributed by atoms with Gasteiger partial charge in [0, 0.05) is 11.1 Å². The van der Waals surface area contributed by atoms with Gasteiger partial charge in [0.2, 0.25) is 0 Å². The monoisotopic (exact) mass is 656 g/mol. The van der Waals surface area contributed by atoms with E-state index in [-0.39, 0.29) is 11.7 Å². The van der Waals surface area contributed by atoms with E-state index in [0.717, 1.165) is 37.2 Å². The fraction of sp³-hybridized carbons (Fsp3) is 0.407. The van der Waals surface area contributed by atoms with E-state index >= 15 is 0 Å². The summed E-state index contributed by atoms with van der Waals surface area (Å²) in [5, 5.41) is 37.5. The summed E-state index contributed by atoms with van der Waals surface area (Å²) < 4.78 is 74.9. The van der Waals surface area contributed by atoms with E-state index in [1.54, 1.807) is 24.3 Å². The molecule has 0 aliphatic rings. The van der Waals surface area contributed by atoms with Gasteiger partial charge in [-0.25, -0.2) is 9.59 Å². The van der Waals surface area contributed by atoms with Crippen molar-refractivity contribution in [3.8, 4) is 11.5 Å². The molecule has 2 aromatic carbocycles. The number of nitrogens with zero attached hydrogens (tertiary/aromatic N) is 2. The van der Waals surface area contributed by atoms with Gasteiger partial charge in [0.25, 0.3) is 0 Å². The van der Waals surface area contributed by atoms with Gasteiger partial charge in [0.1, 0.15) is 11.5 Å². The molecule has 2 rings (SSSR count). The summed E-state index contributed by atoms with van der Waals surface area (Å²) in [5.41, 5.74) is 12.4. The van der Waals surface area contributed by atoms with Crippen LogP contribution in [0.4, 0.5) is 26.3 Å². The highest BCUT2D eigenvalue weighted by molar-refractivity contribution is 5.97. The van der Waals surface area contributed by atoms with Gasteiger partial charge >= 0.3 is 24.3 Å². The first-order valence-electron chi connectivity index (χ1n) is 13.0. The third kappa shape index (κ3) is 19.1. The zero-order chi connectivity index (χ0) is 34.5. The SMILES string of the molecule is N/C(=N\O)c1ccc(OCCCCCCCCCOc2ccc(/C(N)=N/O)cc2)cc1.O=C(O)C(F)(F)F.O=C(O)C(F)(F)F. The number of ether oxygens (including phenoxy) is 2. The van der Waals surface area contributed by atoms with Crippen molar-refractivity contribution >= 4 is 23.6 Å². The van der Waals surface area contributed by atoms with Crippen LogP contribution in [0.15, 0.2) is 58.8 Å². The van der Waals surface area contributed by atoms with Crippen LogP contribution in [0, 0.1) is 0 Å². The van der Waals surface area contributed by atoms with Crippen LogP contribution < -0.4 is 20.9 Å². The number of carboxylic acid groups (broad SMARTS) is 2. The minimum absolute atomic E-state index is 0.0899. The fourth-order valence-electron chi connectivity index (χ4n) is 3.03. The van der Waals surface area contributed by atoms with Crippen LogP contribution in [0.1, 0.15) is 56.1 Å². The fourth-order valence-corrected chi connectivity index (χ4v) is 3.03. The molecule has 0 aliphatic heterocycles. The zero-order valence-corrected chi connectivity index (χ0v) is 23.7. The summed E-state index contributed by atoms with van der Waals surface area (Å²) in [5.74, 6) is -3.76. The maximum absolute atomic E-state index is 10.6. The van der Waals surface area contributed by atoms with Crippen LogP contribution in [0.2, 0.25) is 0 Å². The molecule has 8 N–H and O–H groups in total. The molecule has 12 nitrogen and oxygen atoms in total. The molecule has 0 fully saturated rings. The molecule has 0 saturated heterocycles. The van der Waals surface area contributed by atoms with E-state index in [4.69, 9.17) is 51.2 Å². The molecule has 0 spiro atoms. The van der Waals surface area contributed by atoms with Crippen molar-refractivity contribution in [1.29, 1.82) is 0 Å². The Morgan fingerprint density at radius 2 is 0.822 bits per heavy atom. The van der Waals surface area contributed by atoms with Crippen molar-refractivity contribution in [3.63, 3.8) is 0 Å². The van der Waals surface area contributed by atoms with Crippen LogP contribution in [0.25, 0.3) is 0 Å². The zero-order valence-electron chi connectivity index (χ0n) is 23.7. The van der Waals surface area contributed by atoms with Crippen LogP contribution in [0.5, 0.6) is 11.5 Å². The number of hydrogen-bond acceptors (Lipinski definition) is 8. The van der Waals surface area contributed by atoms with Gasteiger partial charge in [-0.15, -0.1) is 0 Å². The number of carboxylic acids is 2.